The number of benzene rings is 1. The number of aliphatic carboxylic acids is 2. The number of tetrazole rings is 1. The van der Waals surface area contributed by atoms with Gasteiger partial charge in [-0.25, -0.2) is 9.48 Å². The second kappa shape index (κ2) is 11.7. The fourth-order valence-electron chi connectivity index (χ4n) is 3.79. The highest BCUT2D eigenvalue weighted by molar-refractivity contribution is 8.01. The predicted molar refractivity (Wildman–Crippen MR) is 130 cm³/mol. The summed E-state index contributed by atoms with van der Waals surface area (Å²) in [4.78, 5) is 49.2. The summed E-state index contributed by atoms with van der Waals surface area (Å²) in [6.45, 7) is 0.430. The smallest absolute Gasteiger partial charge is 0.352 e. The third-order valence-corrected chi connectivity index (χ3v) is 7.95. The standard InChI is InChI=1S/C21H23N7O7S2/c29-13(30)8-22-6-7-27-21(24-25-26-27)37-10-12-9-36-19-14(18(33)28(19)15(12)20(34)35)23-17(32)16(31)11-4-2-1-3-5-11/h1-5,14,16,19,22,31H,6-10H2,(H,23,32)(H,29,30)(H,34,35)/t14?,16-,19-/m1/s1. The molecule has 37 heavy (non-hydrogen) atoms. The first-order valence-corrected chi connectivity index (χ1v) is 13.1. The average molecular weight is 550 g/mol. The molecule has 0 bridgehead atoms. The number of β-lactam (4-membered cyclic amide) rings is 1. The fraction of sp³-hybridized carbons (Fsp3) is 0.381. The maximum atomic E-state index is 12.9. The number of carbonyl (C=O) groups is 4. The molecular formula is C21H23N7O7S2. The lowest BCUT2D eigenvalue weighted by atomic mass is 10.0. The van der Waals surface area contributed by atoms with Crippen LogP contribution in [0.2, 0.25) is 0 Å². The molecule has 0 spiro atoms. The molecule has 1 fully saturated rings. The lowest BCUT2D eigenvalue weighted by Gasteiger charge is -2.49. The van der Waals surface area contributed by atoms with Crippen molar-refractivity contribution in [3.05, 3.63) is 47.2 Å². The number of thioether (sulfide) groups is 2. The van der Waals surface area contributed by atoms with E-state index in [1.54, 1.807) is 30.3 Å². The zero-order chi connectivity index (χ0) is 26.5. The zero-order valence-electron chi connectivity index (χ0n) is 19.2. The Kier molecular flexibility index (Phi) is 8.42. The van der Waals surface area contributed by atoms with Gasteiger partial charge in [-0.15, -0.1) is 16.9 Å². The number of carboxylic acids is 2. The van der Waals surface area contributed by atoms with E-state index in [0.717, 1.165) is 4.90 Å². The van der Waals surface area contributed by atoms with E-state index in [1.165, 1.54) is 28.2 Å². The number of carbonyl (C=O) groups excluding carboxylic acids is 2. The Balaban J connectivity index is 1.39. The van der Waals surface area contributed by atoms with Crippen molar-refractivity contribution in [2.45, 2.75) is 29.2 Å². The molecule has 1 aromatic carbocycles. The van der Waals surface area contributed by atoms with Crippen LogP contribution in [0.3, 0.4) is 0 Å². The van der Waals surface area contributed by atoms with Crippen LogP contribution >= 0.6 is 23.5 Å². The second-order valence-electron chi connectivity index (χ2n) is 8.01. The third kappa shape index (κ3) is 5.93. The summed E-state index contributed by atoms with van der Waals surface area (Å²) in [6, 6.07) is 7.33. The van der Waals surface area contributed by atoms with Crippen LogP contribution in [0, 0.1) is 0 Å². The summed E-state index contributed by atoms with van der Waals surface area (Å²) in [7, 11) is 0. The van der Waals surface area contributed by atoms with Gasteiger partial charge < -0.3 is 26.0 Å². The van der Waals surface area contributed by atoms with E-state index in [4.69, 9.17) is 5.11 Å². The second-order valence-corrected chi connectivity index (χ2v) is 10.1. The van der Waals surface area contributed by atoms with E-state index >= 15 is 0 Å². The zero-order valence-corrected chi connectivity index (χ0v) is 20.8. The third-order valence-electron chi connectivity index (χ3n) is 5.56. The normalized spacial score (nSPS) is 19.7. The van der Waals surface area contributed by atoms with Gasteiger partial charge in [0.1, 0.15) is 17.1 Å². The highest BCUT2D eigenvalue weighted by atomic mass is 32.2. The minimum atomic E-state index is -1.46. The Morgan fingerprint density at radius 2 is 1.97 bits per heavy atom. The van der Waals surface area contributed by atoms with Crippen molar-refractivity contribution in [1.29, 1.82) is 0 Å². The number of aromatic nitrogens is 4. The molecule has 16 heteroatoms. The predicted octanol–water partition coefficient (Wildman–Crippen LogP) is -1.09. The van der Waals surface area contributed by atoms with E-state index in [-0.39, 0.29) is 18.0 Å². The number of aliphatic hydroxyl groups excluding tert-OH is 1. The topological polar surface area (TPSA) is 200 Å². The Hall–Kier alpha value is -3.47. The number of nitrogens with zero attached hydrogens (tertiary/aromatic N) is 5. The van der Waals surface area contributed by atoms with Gasteiger partial charge in [-0.2, -0.15) is 0 Å². The van der Waals surface area contributed by atoms with Crippen LogP contribution in [0.1, 0.15) is 11.7 Å². The molecule has 5 N–H and O–H groups in total. The summed E-state index contributed by atoms with van der Waals surface area (Å²) in [5, 5.41) is 45.3. The van der Waals surface area contributed by atoms with E-state index in [2.05, 4.69) is 26.2 Å². The van der Waals surface area contributed by atoms with Crippen LogP contribution in [-0.2, 0) is 25.7 Å². The Bertz CT molecular complexity index is 1220. The molecule has 196 valence electrons. The minimum absolute atomic E-state index is 0.141. The van der Waals surface area contributed by atoms with Crippen LogP contribution in [0.15, 0.2) is 46.8 Å². The Morgan fingerprint density at radius 1 is 1.22 bits per heavy atom. The van der Waals surface area contributed by atoms with Gasteiger partial charge in [0.05, 0.1) is 13.1 Å². The SMILES string of the molecule is O=C(O)CNCCn1nnnc1SCC1=C(C(=O)O)N2C(=O)C(NC(=O)[C@H](O)c3ccccc3)[C@H]2SC1. The van der Waals surface area contributed by atoms with Crippen LogP contribution in [0.25, 0.3) is 0 Å². The average Bonchev–Trinajstić information content (AvgIpc) is 3.34. The van der Waals surface area contributed by atoms with Crippen molar-refractivity contribution in [2.75, 3.05) is 24.6 Å². The first-order chi connectivity index (χ1) is 17.8. The molecule has 14 nitrogen and oxygen atoms in total. The van der Waals surface area contributed by atoms with Crippen molar-refractivity contribution in [1.82, 2.24) is 35.7 Å². The van der Waals surface area contributed by atoms with Crippen LogP contribution < -0.4 is 10.6 Å². The number of hydrogen-bond acceptors (Lipinski definition) is 11. The van der Waals surface area contributed by atoms with E-state index < -0.39 is 41.3 Å². The molecule has 0 radical (unpaired) electrons. The van der Waals surface area contributed by atoms with Gasteiger partial charge in [-0.05, 0) is 21.6 Å². The molecule has 3 heterocycles. The molecule has 2 aromatic rings. The van der Waals surface area contributed by atoms with Crippen LogP contribution in [-0.4, -0.2) is 100 Å². The molecule has 3 atom stereocenters. The number of fused-ring (bicyclic) bond motifs is 1. The van der Waals surface area contributed by atoms with Crippen LogP contribution in [0.5, 0.6) is 0 Å². The van der Waals surface area contributed by atoms with E-state index in [0.29, 0.717) is 35.1 Å². The van der Waals surface area contributed by atoms with Crippen molar-refractivity contribution in [3.8, 4) is 0 Å². The van der Waals surface area contributed by atoms with E-state index in [1.807, 2.05) is 0 Å². The maximum absolute atomic E-state index is 12.9. The highest BCUT2D eigenvalue weighted by Gasteiger charge is 2.54. The van der Waals surface area contributed by atoms with Gasteiger partial charge in [0.25, 0.3) is 11.8 Å². The fourth-order valence-corrected chi connectivity index (χ4v) is 6.17. The largest absolute Gasteiger partial charge is 0.480 e. The molecule has 4 rings (SSSR count). The van der Waals surface area contributed by atoms with Crippen molar-refractivity contribution in [2.24, 2.45) is 0 Å². The number of amides is 2. The highest BCUT2D eigenvalue weighted by Crippen LogP contribution is 2.41. The van der Waals surface area contributed by atoms with Gasteiger partial charge in [-0.1, -0.05) is 42.1 Å². The molecule has 2 aliphatic rings. The van der Waals surface area contributed by atoms with E-state index in [9.17, 15) is 29.4 Å². The first kappa shape index (κ1) is 26.6. The molecule has 2 aliphatic heterocycles. The summed E-state index contributed by atoms with van der Waals surface area (Å²) in [5.41, 5.74) is 0.739. The lowest BCUT2D eigenvalue weighted by Crippen LogP contribution is -2.70. The summed E-state index contributed by atoms with van der Waals surface area (Å²) in [6.07, 6.45) is -1.46. The van der Waals surface area contributed by atoms with Gasteiger partial charge >= 0.3 is 11.9 Å². The number of hydrogen-bond donors (Lipinski definition) is 5. The summed E-state index contributed by atoms with van der Waals surface area (Å²) in [5.74, 6) is -3.05. The molecule has 1 aromatic heterocycles. The Labute approximate surface area is 218 Å². The van der Waals surface area contributed by atoms with Crippen molar-refractivity contribution in [3.63, 3.8) is 0 Å². The van der Waals surface area contributed by atoms with Gasteiger partial charge in [0, 0.05) is 18.1 Å². The first-order valence-electron chi connectivity index (χ1n) is 11.0. The molecular weight excluding hydrogens is 526 g/mol. The van der Waals surface area contributed by atoms with Crippen molar-refractivity contribution >= 4 is 47.3 Å². The van der Waals surface area contributed by atoms with Gasteiger partial charge in [0.2, 0.25) is 5.16 Å². The van der Waals surface area contributed by atoms with Gasteiger partial charge in [0.15, 0.2) is 6.10 Å². The summed E-state index contributed by atoms with van der Waals surface area (Å²) >= 11 is 2.51. The van der Waals surface area contributed by atoms with Crippen LogP contribution in [0.4, 0.5) is 0 Å². The quantitative estimate of drug-likeness (QED) is 0.122. The number of aliphatic hydroxyl groups is 1. The lowest BCUT2D eigenvalue weighted by molar-refractivity contribution is -0.151. The number of rotatable bonds is 12. The maximum Gasteiger partial charge on any atom is 0.352 e. The number of nitrogens with one attached hydrogen (secondary N) is 2. The Morgan fingerprint density at radius 3 is 2.68 bits per heavy atom. The molecule has 1 unspecified atom stereocenters. The monoisotopic (exact) mass is 549 g/mol. The molecule has 2 amide bonds. The molecule has 1 saturated heterocycles. The van der Waals surface area contributed by atoms with Gasteiger partial charge in [-0.3, -0.25) is 19.3 Å². The molecule has 0 saturated carbocycles. The minimum Gasteiger partial charge on any atom is -0.480 e. The van der Waals surface area contributed by atoms with Crippen molar-refractivity contribution < 1.29 is 34.5 Å². The number of carboxylic acid groups (broad SMARTS) is 2. The molecule has 0 aliphatic carbocycles. The summed E-state index contributed by atoms with van der Waals surface area (Å²) < 4.78 is 1.47.